The summed E-state index contributed by atoms with van der Waals surface area (Å²) in [4.78, 5) is -0.0204. The highest BCUT2D eigenvalue weighted by Crippen LogP contribution is 2.31. The molecule has 0 saturated heterocycles. The SMILES string of the molecule is COc1ccc(-c2ccccc2)cc1S(=O)(=O)Cl. The van der Waals surface area contributed by atoms with Crippen LogP contribution in [0.2, 0.25) is 0 Å². The van der Waals surface area contributed by atoms with Crippen molar-refractivity contribution in [2.24, 2.45) is 0 Å². The van der Waals surface area contributed by atoms with Crippen molar-refractivity contribution in [1.29, 1.82) is 0 Å². The number of methoxy groups -OCH3 is 1. The lowest BCUT2D eigenvalue weighted by molar-refractivity contribution is 0.403. The summed E-state index contributed by atoms with van der Waals surface area (Å²) in [6.45, 7) is 0. The van der Waals surface area contributed by atoms with Gasteiger partial charge in [-0.3, -0.25) is 0 Å². The van der Waals surface area contributed by atoms with Gasteiger partial charge in [0.15, 0.2) is 0 Å². The van der Waals surface area contributed by atoms with Crippen molar-refractivity contribution in [3.05, 3.63) is 48.5 Å². The van der Waals surface area contributed by atoms with Crippen LogP contribution in [0.3, 0.4) is 0 Å². The number of rotatable bonds is 3. The Morgan fingerprint density at radius 1 is 1.00 bits per heavy atom. The van der Waals surface area contributed by atoms with Gasteiger partial charge in [0.1, 0.15) is 10.6 Å². The van der Waals surface area contributed by atoms with Gasteiger partial charge in [0.05, 0.1) is 7.11 Å². The van der Waals surface area contributed by atoms with Gasteiger partial charge in [-0.15, -0.1) is 0 Å². The molecule has 0 fully saturated rings. The van der Waals surface area contributed by atoms with E-state index in [9.17, 15) is 8.42 Å². The highest BCUT2D eigenvalue weighted by atomic mass is 35.7. The molecule has 0 aromatic heterocycles. The largest absolute Gasteiger partial charge is 0.495 e. The van der Waals surface area contributed by atoms with Crippen LogP contribution in [0.4, 0.5) is 0 Å². The molecule has 3 nitrogen and oxygen atoms in total. The van der Waals surface area contributed by atoms with Gasteiger partial charge in [-0.2, -0.15) is 0 Å². The highest BCUT2D eigenvalue weighted by molar-refractivity contribution is 8.13. The molecule has 0 bridgehead atoms. The van der Waals surface area contributed by atoms with Gasteiger partial charge in [0, 0.05) is 10.7 Å². The van der Waals surface area contributed by atoms with Gasteiger partial charge < -0.3 is 4.74 Å². The molecule has 0 unspecified atom stereocenters. The molecule has 0 spiro atoms. The zero-order valence-electron chi connectivity index (χ0n) is 9.63. The van der Waals surface area contributed by atoms with Crippen molar-refractivity contribution in [3.8, 4) is 16.9 Å². The Morgan fingerprint density at radius 3 is 2.22 bits per heavy atom. The van der Waals surface area contributed by atoms with Crippen molar-refractivity contribution < 1.29 is 13.2 Å². The molecule has 0 N–H and O–H groups in total. The molecular formula is C13H11ClO3S. The van der Waals surface area contributed by atoms with E-state index in [0.29, 0.717) is 0 Å². The van der Waals surface area contributed by atoms with E-state index < -0.39 is 9.05 Å². The van der Waals surface area contributed by atoms with Crippen LogP contribution >= 0.6 is 10.7 Å². The highest BCUT2D eigenvalue weighted by Gasteiger charge is 2.17. The van der Waals surface area contributed by atoms with Gasteiger partial charge in [0.2, 0.25) is 0 Å². The zero-order valence-corrected chi connectivity index (χ0v) is 11.2. The first-order valence-electron chi connectivity index (χ1n) is 5.20. The smallest absolute Gasteiger partial charge is 0.265 e. The first kappa shape index (κ1) is 12.9. The summed E-state index contributed by atoms with van der Waals surface area (Å²) in [6.07, 6.45) is 0. The molecule has 0 saturated carbocycles. The molecule has 0 radical (unpaired) electrons. The maximum atomic E-state index is 11.5. The van der Waals surface area contributed by atoms with E-state index in [2.05, 4.69) is 0 Å². The maximum Gasteiger partial charge on any atom is 0.265 e. The second-order valence-electron chi connectivity index (χ2n) is 3.67. The van der Waals surface area contributed by atoms with E-state index in [-0.39, 0.29) is 10.6 Å². The lowest BCUT2D eigenvalue weighted by Crippen LogP contribution is -1.96. The third kappa shape index (κ3) is 2.66. The average Bonchev–Trinajstić information content (AvgIpc) is 2.38. The van der Waals surface area contributed by atoms with Crippen molar-refractivity contribution in [2.75, 3.05) is 7.11 Å². The van der Waals surface area contributed by atoms with E-state index >= 15 is 0 Å². The molecule has 0 aliphatic carbocycles. The fraction of sp³-hybridized carbons (Fsp3) is 0.0769. The van der Waals surface area contributed by atoms with Gasteiger partial charge in [-0.25, -0.2) is 8.42 Å². The van der Waals surface area contributed by atoms with Gasteiger partial charge in [-0.05, 0) is 23.3 Å². The zero-order chi connectivity index (χ0) is 13.2. The normalized spacial score (nSPS) is 11.2. The third-order valence-electron chi connectivity index (χ3n) is 2.53. The van der Waals surface area contributed by atoms with Crippen LogP contribution in [-0.2, 0) is 9.05 Å². The minimum Gasteiger partial charge on any atom is -0.495 e. The number of hydrogen-bond donors (Lipinski definition) is 0. The van der Waals surface area contributed by atoms with E-state index in [4.69, 9.17) is 15.4 Å². The van der Waals surface area contributed by atoms with Crippen LogP contribution < -0.4 is 4.74 Å². The van der Waals surface area contributed by atoms with Gasteiger partial charge in [0.25, 0.3) is 9.05 Å². The summed E-state index contributed by atoms with van der Waals surface area (Å²) in [5, 5.41) is 0. The Hall–Kier alpha value is -1.52. The number of benzene rings is 2. The predicted molar refractivity (Wildman–Crippen MR) is 71.5 cm³/mol. The van der Waals surface area contributed by atoms with E-state index in [1.165, 1.54) is 13.2 Å². The quantitative estimate of drug-likeness (QED) is 0.812. The molecule has 0 amide bonds. The monoisotopic (exact) mass is 282 g/mol. The Bertz CT molecular complexity index is 651. The maximum absolute atomic E-state index is 11.5. The standard InChI is InChI=1S/C13H11ClO3S/c1-17-12-8-7-11(9-13(12)18(14,15)16)10-5-3-2-4-6-10/h2-9H,1H3. The van der Waals surface area contributed by atoms with E-state index in [0.717, 1.165) is 11.1 Å². The summed E-state index contributed by atoms with van der Waals surface area (Å²) in [5.74, 6) is 0.240. The summed E-state index contributed by atoms with van der Waals surface area (Å²) in [5.41, 5.74) is 1.69. The van der Waals surface area contributed by atoms with Crippen molar-refractivity contribution >= 4 is 19.7 Å². The number of ether oxygens (including phenoxy) is 1. The fourth-order valence-electron chi connectivity index (χ4n) is 1.68. The second kappa shape index (κ2) is 5.00. The van der Waals surface area contributed by atoms with E-state index in [1.54, 1.807) is 12.1 Å². The van der Waals surface area contributed by atoms with Crippen LogP contribution in [0.1, 0.15) is 0 Å². The van der Waals surface area contributed by atoms with Gasteiger partial charge in [-0.1, -0.05) is 36.4 Å². The van der Waals surface area contributed by atoms with E-state index in [1.807, 2.05) is 30.3 Å². The molecule has 2 aromatic rings. The summed E-state index contributed by atoms with van der Waals surface area (Å²) < 4.78 is 28.0. The lowest BCUT2D eigenvalue weighted by Gasteiger charge is -2.08. The Balaban J connectivity index is 2.61. The summed E-state index contributed by atoms with van der Waals surface area (Å²) >= 11 is 0. The van der Waals surface area contributed by atoms with Crippen LogP contribution in [0.25, 0.3) is 11.1 Å². The fourth-order valence-corrected chi connectivity index (χ4v) is 2.70. The Labute approximate surface area is 110 Å². The van der Waals surface area contributed by atoms with Gasteiger partial charge >= 0.3 is 0 Å². The molecule has 2 rings (SSSR count). The molecule has 0 atom stereocenters. The number of halogens is 1. The topological polar surface area (TPSA) is 43.4 Å². The van der Waals surface area contributed by atoms with Crippen LogP contribution in [-0.4, -0.2) is 15.5 Å². The van der Waals surface area contributed by atoms with Crippen LogP contribution in [0.5, 0.6) is 5.75 Å². The molecular weight excluding hydrogens is 272 g/mol. The van der Waals surface area contributed by atoms with Crippen molar-refractivity contribution in [3.63, 3.8) is 0 Å². The molecule has 0 aliphatic heterocycles. The minimum absolute atomic E-state index is 0.0204. The molecule has 18 heavy (non-hydrogen) atoms. The molecule has 0 aliphatic rings. The third-order valence-corrected chi connectivity index (χ3v) is 3.88. The van der Waals surface area contributed by atoms with Crippen molar-refractivity contribution in [2.45, 2.75) is 4.90 Å². The lowest BCUT2D eigenvalue weighted by atomic mass is 10.1. The average molecular weight is 283 g/mol. The summed E-state index contributed by atoms with van der Waals surface area (Å²) in [7, 11) is 2.97. The van der Waals surface area contributed by atoms with Crippen LogP contribution in [0, 0.1) is 0 Å². The first-order valence-corrected chi connectivity index (χ1v) is 7.51. The molecule has 94 valence electrons. The number of hydrogen-bond acceptors (Lipinski definition) is 3. The summed E-state index contributed by atoms with van der Waals surface area (Å²) in [6, 6.07) is 14.3. The Morgan fingerprint density at radius 2 is 1.67 bits per heavy atom. The second-order valence-corrected chi connectivity index (χ2v) is 6.20. The molecule has 0 heterocycles. The molecule has 5 heteroatoms. The predicted octanol–water partition coefficient (Wildman–Crippen LogP) is 3.29. The first-order chi connectivity index (χ1) is 8.52. The Kier molecular flexibility index (Phi) is 3.59. The van der Waals surface area contributed by atoms with Crippen molar-refractivity contribution in [1.82, 2.24) is 0 Å². The molecule has 2 aromatic carbocycles. The minimum atomic E-state index is -3.83. The van der Waals surface area contributed by atoms with Crippen LogP contribution in [0.15, 0.2) is 53.4 Å².